The molecule has 3 rings (SSSR count). The number of aryl methyl sites for hydroxylation is 1. The Bertz CT molecular complexity index is 985. The average Bonchev–Trinajstić information content (AvgIpc) is 2.73. The van der Waals surface area contributed by atoms with Crippen LogP contribution in [0.25, 0.3) is 0 Å². The minimum atomic E-state index is -0.939. The zero-order valence-electron chi connectivity index (χ0n) is 16.4. The first-order valence-electron chi connectivity index (χ1n) is 9.37. The molecule has 0 aliphatic carbocycles. The topological polar surface area (TPSA) is 64.6 Å². The van der Waals surface area contributed by atoms with Gasteiger partial charge in [0.2, 0.25) is 0 Å². The molecule has 148 valence electrons. The second-order valence-electron chi connectivity index (χ2n) is 6.67. The molecule has 29 heavy (non-hydrogen) atoms. The fraction of sp³-hybridized carbons (Fsp3) is 0.167. The molecule has 3 aromatic rings. The zero-order valence-corrected chi connectivity index (χ0v) is 16.4. The van der Waals surface area contributed by atoms with Crippen molar-refractivity contribution in [3.8, 4) is 5.75 Å². The lowest BCUT2D eigenvalue weighted by Gasteiger charge is -2.15. The van der Waals surface area contributed by atoms with E-state index in [1.165, 1.54) is 0 Å². The maximum absolute atomic E-state index is 12.6. The van der Waals surface area contributed by atoms with Gasteiger partial charge in [-0.15, -0.1) is 0 Å². The Morgan fingerprint density at radius 3 is 2.41 bits per heavy atom. The van der Waals surface area contributed by atoms with Gasteiger partial charge in [0.05, 0.1) is 5.56 Å². The zero-order chi connectivity index (χ0) is 20.6. The van der Waals surface area contributed by atoms with E-state index in [1.54, 1.807) is 31.2 Å². The molecule has 0 aromatic heterocycles. The van der Waals surface area contributed by atoms with E-state index in [4.69, 9.17) is 9.47 Å². The quantitative estimate of drug-likeness (QED) is 0.592. The minimum absolute atomic E-state index is 0.221. The van der Waals surface area contributed by atoms with E-state index >= 15 is 0 Å². The number of carbonyl (C=O) groups is 2. The average molecular weight is 389 g/mol. The van der Waals surface area contributed by atoms with Crippen LogP contribution in [-0.2, 0) is 16.1 Å². The molecule has 0 aliphatic heterocycles. The summed E-state index contributed by atoms with van der Waals surface area (Å²) in [4.78, 5) is 25.0. The van der Waals surface area contributed by atoms with E-state index in [0.717, 1.165) is 5.56 Å². The first kappa shape index (κ1) is 20.1. The first-order chi connectivity index (χ1) is 14.0. The lowest BCUT2D eigenvalue weighted by atomic mass is 10.1. The number of benzene rings is 3. The summed E-state index contributed by atoms with van der Waals surface area (Å²) in [7, 11) is 0. The third-order valence-corrected chi connectivity index (χ3v) is 4.31. The van der Waals surface area contributed by atoms with Crippen molar-refractivity contribution in [2.75, 3.05) is 5.32 Å². The molecule has 1 amide bonds. The van der Waals surface area contributed by atoms with Crippen LogP contribution in [-0.4, -0.2) is 18.0 Å². The molecule has 0 spiro atoms. The summed E-state index contributed by atoms with van der Waals surface area (Å²) in [6, 6.07) is 23.8. The van der Waals surface area contributed by atoms with Crippen LogP contribution in [0, 0.1) is 6.92 Å². The fourth-order valence-corrected chi connectivity index (χ4v) is 2.77. The van der Waals surface area contributed by atoms with Gasteiger partial charge in [0, 0.05) is 11.3 Å². The van der Waals surface area contributed by atoms with Gasteiger partial charge < -0.3 is 14.8 Å². The fourth-order valence-electron chi connectivity index (χ4n) is 2.77. The molecular formula is C24H23NO4. The molecule has 0 radical (unpaired) electrons. The van der Waals surface area contributed by atoms with Crippen LogP contribution in [0.1, 0.15) is 28.4 Å². The number of ether oxygens (including phenoxy) is 2. The van der Waals surface area contributed by atoms with Gasteiger partial charge in [-0.05, 0) is 49.7 Å². The van der Waals surface area contributed by atoms with Crippen molar-refractivity contribution in [2.45, 2.75) is 26.6 Å². The van der Waals surface area contributed by atoms with E-state index in [2.05, 4.69) is 5.32 Å². The van der Waals surface area contributed by atoms with Gasteiger partial charge in [-0.25, -0.2) is 4.79 Å². The summed E-state index contributed by atoms with van der Waals surface area (Å²) in [5.41, 5.74) is 2.75. The smallest absolute Gasteiger partial charge is 0.339 e. The van der Waals surface area contributed by atoms with Gasteiger partial charge in [0.1, 0.15) is 12.4 Å². The van der Waals surface area contributed by atoms with Crippen molar-refractivity contribution in [3.05, 3.63) is 95.6 Å². The van der Waals surface area contributed by atoms with E-state index in [1.807, 2.05) is 61.5 Å². The second-order valence-corrected chi connectivity index (χ2v) is 6.67. The maximum atomic E-state index is 12.6. The number of carbonyl (C=O) groups excluding carboxylic acids is 2. The van der Waals surface area contributed by atoms with Crippen molar-refractivity contribution in [3.63, 3.8) is 0 Å². The van der Waals surface area contributed by atoms with Crippen LogP contribution in [0.4, 0.5) is 5.69 Å². The predicted octanol–water partition coefficient (Wildman–Crippen LogP) is 4.76. The van der Waals surface area contributed by atoms with E-state index in [0.29, 0.717) is 22.6 Å². The summed E-state index contributed by atoms with van der Waals surface area (Å²) in [5.74, 6) is -0.243. The van der Waals surface area contributed by atoms with Crippen LogP contribution in [0.15, 0.2) is 78.9 Å². The molecule has 0 saturated heterocycles. The number of para-hydroxylation sites is 1. The Morgan fingerprint density at radius 2 is 1.66 bits per heavy atom. The molecule has 5 heteroatoms. The molecule has 3 aromatic carbocycles. The third-order valence-electron chi connectivity index (χ3n) is 4.31. The molecule has 0 unspecified atom stereocenters. The van der Waals surface area contributed by atoms with Crippen molar-refractivity contribution < 1.29 is 19.1 Å². The Kier molecular flexibility index (Phi) is 6.63. The monoisotopic (exact) mass is 389 g/mol. The van der Waals surface area contributed by atoms with Crippen LogP contribution in [0.2, 0.25) is 0 Å². The van der Waals surface area contributed by atoms with Gasteiger partial charge in [-0.2, -0.15) is 0 Å². The van der Waals surface area contributed by atoms with E-state index in [-0.39, 0.29) is 12.5 Å². The number of amides is 1. The van der Waals surface area contributed by atoms with Crippen LogP contribution < -0.4 is 10.1 Å². The lowest BCUT2D eigenvalue weighted by molar-refractivity contribution is -0.123. The highest BCUT2D eigenvalue weighted by molar-refractivity contribution is 5.97. The number of nitrogens with one attached hydrogen (secondary N) is 1. The lowest BCUT2D eigenvalue weighted by Crippen LogP contribution is -2.30. The van der Waals surface area contributed by atoms with Crippen molar-refractivity contribution in [1.29, 1.82) is 0 Å². The maximum Gasteiger partial charge on any atom is 0.339 e. The molecule has 5 nitrogen and oxygen atoms in total. The molecule has 0 saturated carbocycles. The normalized spacial score (nSPS) is 11.4. The third kappa shape index (κ3) is 5.69. The summed E-state index contributed by atoms with van der Waals surface area (Å²) >= 11 is 0. The Labute approximate surface area is 170 Å². The largest absolute Gasteiger partial charge is 0.489 e. The number of hydrogen-bond acceptors (Lipinski definition) is 4. The Balaban J connectivity index is 1.63. The molecule has 0 fully saturated rings. The molecule has 1 atom stereocenters. The highest BCUT2D eigenvalue weighted by Gasteiger charge is 2.21. The van der Waals surface area contributed by atoms with Gasteiger partial charge in [-0.1, -0.05) is 48.5 Å². The molecule has 1 N–H and O–H groups in total. The molecule has 0 aliphatic rings. The van der Waals surface area contributed by atoms with Crippen LogP contribution >= 0.6 is 0 Å². The predicted molar refractivity (Wildman–Crippen MR) is 112 cm³/mol. The van der Waals surface area contributed by atoms with Crippen molar-refractivity contribution in [2.24, 2.45) is 0 Å². The van der Waals surface area contributed by atoms with Crippen LogP contribution in [0.3, 0.4) is 0 Å². The van der Waals surface area contributed by atoms with Crippen molar-refractivity contribution in [1.82, 2.24) is 0 Å². The summed E-state index contributed by atoms with van der Waals surface area (Å²) in [6.07, 6.45) is -0.939. The number of anilines is 1. The number of rotatable bonds is 7. The van der Waals surface area contributed by atoms with Gasteiger partial charge in [0.15, 0.2) is 6.10 Å². The van der Waals surface area contributed by atoms with Gasteiger partial charge in [0.25, 0.3) is 5.91 Å². The standard InChI is InChI=1S/C24H23NO4/c1-17-9-8-11-20(15-17)25-23(26)18(2)29-24(27)22-14-7-6-10-19(22)16-28-21-12-4-3-5-13-21/h3-15,18H,16H2,1-2H3,(H,25,26)/t18-/m1/s1. The minimum Gasteiger partial charge on any atom is -0.489 e. The number of hydrogen-bond donors (Lipinski definition) is 1. The Hall–Kier alpha value is -3.60. The Morgan fingerprint density at radius 1 is 0.931 bits per heavy atom. The summed E-state index contributed by atoms with van der Waals surface area (Å²) < 4.78 is 11.1. The molecule has 0 heterocycles. The van der Waals surface area contributed by atoms with Crippen LogP contribution in [0.5, 0.6) is 5.75 Å². The van der Waals surface area contributed by atoms with E-state index in [9.17, 15) is 9.59 Å². The van der Waals surface area contributed by atoms with Crippen molar-refractivity contribution >= 4 is 17.6 Å². The van der Waals surface area contributed by atoms with Gasteiger partial charge >= 0.3 is 5.97 Å². The summed E-state index contributed by atoms with van der Waals surface area (Å²) in [6.45, 7) is 3.71. The highest BCUT2D eigenvalue weighted by atomic mass is 16.5. The first-order valence-corrected chi connectivity index (χ1v) is 9.37. The van der Waals surface area contributed by atoms with Gasteiger partial charge in [-0.3, -0.25) is 4.79 Å². The molecular weight excluding hydrogens is 366 g/mol. The molecule has 0 bridgehead atoms. The highest BCUT2D eigenvalue weighted by Crippen LogP contribution is 2.17. The second kappa shape index (κ2) is 9.55. The SMILES string of the molecule is Cc1cccc(NC(=O)[C@@H](C)OC(=O)c2ccccc2COc2ccccc2)c1. The summed E-state index contributed by atoms with van der Waals surface area (Å²) in [5, 5.41) is 2.76. The number of esters is 1. The van der Waals surface area contributed by atoms with E-state index < -0.39 is 12.1 Å².